The van der Waals surface area contributed by atoms with Gasteiger partial charge in [-0.3, -0.25) is 4.99 Å². The number of hydrogen-bond acceptors (Lipinski definition) is 3. The molecule has 3 rings (SSSR count). The van der Waals surface area contributed by atoms with E-state index in [1.165, 1.54) is 32.4 Å². The second-order valence-electron chi connectivity index (χ2n) is 7.36. The fourth-order valence-corrected chi connectivity index (χ4v) is 3.59. The number of ether oxygens (including phenoxy) is 1. The number of likely N-dealkylation sites (tertiary alicyclic amines) is 1. The van der Waals surface area contributed by atoms with Crippen LogP contribution in [0.3, 0.4) is 0 Å². The van der Waals surface area contributed by atoms with Gasteiger partial charge in [0.2, 0.25) is 0 Å². The summed E-state index contributed by atoms with van der Waals surface area (Å²) in [5, 5.41) is 6.90. The molecule has 2 atom stereocenters. The SMILES string of the molecule is CCNC(=NCC1(C)CCCO1)NCC1CCN(C2CC2)C1. The van der Waals surface area contributed by atoms with E-state index in [1.54, 1.807) is 0 Å². The summed E-state index contributed by atoms with van der Waals surface area (Å²) in [7, 11) is 0. The van der Waals surface area contributed by atoms with Crippen molar-refractivity contribution in [1.82, 2.24) is 15.5 Å². The van der Waals surface area contributed by atoms with E-state index < -0.39 is 0 Å². The van der Waals surface area contributed by atoms with Gasteiger partial charge in [0.05, 0.1) is 12.1 Å². The van der Waals surface area contributed by atoms with Crippen molar-refractivity contribution in [2.24, 2.45) is 10.9 Å². The van der Waals surface area contributed by atoms with Crippen molar-refractivity contribution in [3.63, 3.8) is 0 Å². The van der Waals surface area contributed by atoms with Crippen LogP contribution in [0.1, 0.15) is 46.0 Å². The van der Waals surface area contributed by atoms with E-state index >= 15 is 0 Å². The van der Waals surface area contributed by atoms with Gasteiger partial charge >= 0.3 is 0 Å². The molecule has 0 aromatic heterocycles. The zero-order valence-electron chi connectivity index (χ0n) is 14.2. The molecule has 0 spiro atoms. The largest absolute Gasteiger partial charge is 0.373 e. The van der Waals surface area contributed by atoms with Gasteiger partial charge in [0.15, 0.2) is 5.96 Å². The molecule has 3 aliphatic rings. The van der Waals surface area contributed by atoms with E-state index in [1.807, 2.05) is 0 Å². The lowest BCUT2D eigenvalue weighted by Crippen LogP contribution is -2.41. The van der Waals surface area contributed by atoms with Crippen LogP contribution in [-0.4, -0.2) is 61.8 Å². The first-order valence-electron chi connectivity index (χ1n) is 9.09. The normalized spacial score (nSPS) is 33.4. The summed E-state index contributed by atoms with van der Waals surface area (Å²) < 4.78 is 5.82. The molecular formula is C17H32N4O. The highest BCUT2D eigenvalue weighted by Gasteiger charge is 2.34. The van der Waals surface area contributed by atoms with E-state index in [-0.39, 0.29) is 5.60 Å². The molecule has 2 N–H and O–H groups in total. The Balaban J connectivity index is 1.44. The van der Waals surface area contributed by atoms with Crippen molar-refractivity contribution < 1.29 is 4.74 Å². The molecular weight excluding hydrogens is 276 g/mol. The van der Waals surface area contributed by atoms with Crippen molar-refractivity contribution >= 4 is 5.96 Å². The lowest BCUT2D eigenvalue weighted by atomic mass is 10.0. The predicted molar refractivity (Wildman–Crippen MR) is 90.3 cm³/mol. The molecule has 22 heavy (non-hydrogen) atoms. The molecule has 1 saturated carbocycles. The topological polar surface area (TPSA) is 48.9 Å². The minimum atomic E-state index is -0.0571. The van der Waals surface area contributed by atoms with Crippen LogP contribution < -0.4 is 10.6 Å². The maximum absolute atomic E-state index is 5.82. The van der Waals surface area contributed by atoms with E-state index in [0.717, 1.165) is 57.0 Å². The first-order valence-corrected chi connectivity index (χ1v) is 9.09. The smallest absolute Gasteiger partial charge is 0.191 e. The standard InChI is InChI=1S/C17H32N4O/c1-3-18-16(20-13-17(2)8-4-10-22-17)19-11-14-7-9-21(12-14)15-5-6-15/h14-15H,3-13H2,1-2H3,(H2,18,19,20). The summed E-state index contributed by atoms with van der Waals surface area (Å²) in [6.07, 6.45) is 6.44. The molecule has 2 heterocycles. The van der Waals surface area contributed by atoms with Gasteiger partial charge in [0.1, 0.15) is 0 Å². The molecule has 5 heteroatoms. The van der Waals surface area contributed by atoms with Crippen molar-refractivity contribution in [1.29, 1.82) is 0 Å². The van der Waals surface area contributed by atoms with Gasteiger partial charge in [0, 0.05) is 32.3 Å². The summed E-state index contributed by atoms with van der Waals surface area (Å²) in [5.74, 6) is 1.71. The Morgan fingerprint density at radius 1 is 1.32 bits per heavy atom. The van der Waals surface area contributed by atoms with Crippen LogP contribution in [0.25, 0.3) is 0 Å². The maximum Gasteiger partial charge on any atom is 0.191 e. The highest BCUT2D eigenvalue weighted by atomic mass is 16.5. The Morgan fingerprint density at radius 2 is 2.18 bits per heavy atom. The summed E-state index contributed by atoms with van der Waals surface area (Å²) in [6.45, 7) is 10.4. The van der Waals surface area contributed by atoms with Crippen LogP contribution in [0.15, 0.2) is 4.99 Å². The van der Waals surface area contributed by atoms with Crippen LogP contribution >= 0.6 is 0 Å². The fraction of sp³-hybridized carbons (Fsp3) is 0.941. The molecule has 2 saturated heterocycles. The highest BCUT2D eigenvalue weighted by molar-refractivity contribution is 5.79. The molecule has 126 valence electrons. The van der Waals surface area contributed by atoms with Crippen molar-refractivity contribution in [2.75, 3.05) is 39.3 Å². The fourth-order valence-electron chi connectivity index (χ4n) is 3.59. The molecule has 0 aromatic rings. The van der Waals surface area contributed by atoms with Gasteiger partial charge in [-0.05, 0) is 58.4 Å². The molecule has 5 nitrogen and oxygen atoms in total. The third-order valence-corrected chi connectivity index (χ3v) is 5.16. The molecule has 2 aliphatic heterocycles. The first kappa shape index (κ1) is 16.1. The summed E-state index contributed by atoms with van der Waals surface area (Å²) >= 11 is 0. The Bertz CT molecular complexity index is 388. The van der Waals surface area contributed by atoms with Gasteiger partial charge < -0.3 is 20.3 Å². The lowest BCUT2D eigenvalue weighted by molar-refractivity contribution is 0.0283. The Kier molecular flexibility index (Phi) is 5.24. The molecule has 0 amide bonds. The lowest BCUT2D eigenvalue weighted by Gasteiger charge is -2.22. The third-order valence-electron chi connectivity index (χ3n) is 5.16. The number of nitrogens with zero attached hydrogens (tertiary/aromatic N) is 2. The van der Waals surface area contributed by atoms with E-state index in [2.05, 4.69) is 29.4 Å². The van der Waals surface area contributed by atoms with Gasteiger partial charge in [-0.25, -0.2) is 0 Å². The zero-order valence-corrected chi connectivity index (χ0v) is 14.2. The molecule has 0 aromatic carbocycles. The van der Waals surface area contributed by atoms with Crippen LogP contribution in [0, 0.1) is 5.92 Å². The quantitative estimate of drug-likeness (QED) is 0.578. The Hall–Kier alpha value is -0.810. The monoisotopic (exact) mass is 308 g/mol. The van der Waals surface area contributed by atoms with Crippen LogP contribution in [0.4, 0.5) is 0 Å². The van der Waals surface area contributed by atoms with Gasteiger partial charge in [0.25, 0.3) is 0 Å². The van der Waals surface area contributed by atoms with Crippen molar-refractivity contribution in [3.05, 3.63) is 0 Å². The number of hydrogen-bond donors (Lipinski definition) is 2. The highest BCUT2D eigenvalue weighted by Crippen LogP contribution is 2.31. The number of guanidine groups is 1. The van der Waals surface area contributed by atoms with E-state index in [4.69, 9.17) is 9.73 Å². The minimum Gasteiger partial charge on any atom is -0.373 e. The van der Waals surface area contributed by atoms with Gasteiger partial charge in [-0.15, -0.1) is 0 Å². The van der Waals surface area contributed by atoms with Crippen molar-refractivity contribution in [2.45, 2.75) is 57.6 Å². The summed E-state index contributed by atoms with van der Waals surface area (Å²) in [6, 6.07) is 0.909. The maximum atomic E-state index is 5.82. The predicted octanol–water partition coefficient (Wildman–Crippen LogP) is 1.59. The average molecular weight is 308 g/mol. The van der Waals surface area contributed by atoms with Crippen LogP contribution in [0.5, 0.6) is 0 Å². The third kappa shape index (κ3) is 4.35. The minimum absolute atomic E-state index is 0.0571. The van der Waals surface area contributed by atoms with Crippen LogP contribution in [0.2, 0.25) is 0 Å². The molecule has 2 unspecified atom stereocenters. The second-order valence-corrected chi connectivity index (χ2v) is 7.36. The molecule has 0 bridgehead atoms. The van der Waals surface area contributed by atoms with Crippen molar-refractivity contribution in [3.8, 4) is 0 Å². The van der Waals surface area contributed by atoms with Gasteiger partial charge in [-0.1, -0.05) is 0 Å². The molecule has 1 aliphatic carbocycles. The number of aliphatic imine (C=N–C) groups is 1. The summed E-state index contributed by atoms with van der Waals surface area (Å²) in [5.41, 5.74) is -0.0571. The summed E-state index contributed by atoms with van der Waals surface area (Å²) in [4.78, 5) is 7.42. The van der Waals surface area contributed by atoms with Crippen LogP contribution in [-0.2, 0) is 4.74 Å². The zero-order chi connectivity index (χ0) is 15.4. The number of rotatable bonds is 6. The Morgan fingerprint density at radius 3 is 2.86 bits per heavy atom. The van der Waals surface area contributed by atoms with E-state index in [0.29, 0.717) is 0 Å². The van der Waals surface area contributed by atoms with Gasteiger partial charge in [-0.2, -0.15) is 0 Å². The average Bonchev–Trinajstić information content (AvgIpc) is 3.10. The Labute approximate surface area is 134 Å². The second kappa shape index (κ2) is 7.18. The molecule has 0 radical (unpaired) electrons. The van der Waals surface area contributed by atoms with E-state index in [9.17, 15) is 0 Å². The number of nitrogens with one attached hydrogen (secondary N) is 2. The first-order chi connectivity index (χ1) is 10.7. The molecule has 3 fully saturated rings.